The molecule has 1 aliphatic rings. The van der Waals surface area contributed by atoms with Crippen molar-refractivity contribution in [3.63, 3.8) is 0 Å². The summed E-state index contributed by atoms with van der Waals surface area (Å²) in [5.74, 6) is -0.238. The third-order valence-corrected chi connectivity index (χ3v) is 5.23. The summed E-state index contributed by atoms with van der Waals surface area (Å²) in [6.45, 7) is 3.98. The Morgan fingerprint density at radius 1 is 1.25 bits per heavy atom. The van der Waals surface area contributed by atoms with Gasteiger partial charge in [0, 0.05) is 16.1 Å². The van der Waals surface area contributed by atoms with Gasteiger partial charge in [-0.15, -0.1) is 0 Å². The van der Waals surface area contributed by atoms with E-state index in [1.165, 1.54) is 0 Å². The van der Waals surface area contributed by atoms with Gasteiger partial charge in [-0.2, -0.15) is 5.01 Å². The number of carbonyl (C=O) groups is 2. The van der Waals surface area contributed by atoms with Crippen LogP contribution in [-0.2, 0) is 4.79 Å². The smallest absolute Gasteiger partial charge is 0.285 e. The molecule has 2 amide bonds. The van der Waals surface area contributed by atoms with Crippen LogP contribution in [0.5, 0.6) is 5.75 Å². The van der Waals surface area contributed by atoms with Crippen molar-refractivity contribution in [1.29, 1.82) is 0 Å². The molecule has 0 saturated carbocycles. The summed E-state index contributed by atoms with van der Waals surface area (Å²) in [6.07, 6.45) is 3.33. The van der Waals surface area contributed by atoms with Crippen LogP contribution in [-0.4, -0.2) is 27.8 Å². The van der Waals surface area contributed by atoms with Crippen molar-refractivity contribution in [2.75, 3.05) is 6.61 Å². The third-order valence-electron chi connectivity index (χ3n) is 3.68. The minimum absolute atomic E-state index is 0.239. The van der Waals surface area contributed by atoms with Crippen molar-refractivity contribution in [2.24, 2.45) is 0 Å². The van der Waals surface area contributed by atoms with Gasteiger partial charge in [-0.1, -0.05) is 54.2 Å². The Balaban J connectivity index is 1.78. The van der Waals surface area contributed by atoms with E-state index in [2.05, 4.69) is 12.0 Å². The number of halogens is 1. The van der Waals surface area contributed by atoms with E-state index in [-0.39, 0.29) is 4.32 Å². The summed E-state index contributed by atoms with van der Waals surface area (Å²) < 4.78 is 5.85. The maximum Gasteiger partial charge on any atom is 0.285 e. The summed E-state index contributed by atoms with van der Waals surface area (Å²) in [4.78, 5) is 25.5. The van der Waals surface area contributed by atoms with Crippen LogP contribution in [0.4, 0.5) is 0 Å². The molecule has 0 radical (unpaired) electrons. The second kappa shape index (κ2) is 9.05. The highest BCUT2D eigenvalue weighted by Gasteiger charge is 2.34. The fourth-order valence-corrected chi connectivity index (χ4v) is 3.65. The number of nitrogens with one attached hydrogen (secondary N) is 1. The van der Waals surface area contributed by atoms with Gasteiger partial charge in [0.15, 0.2) is 4.32 Å². The third kappa shape index (κ3) is 4.62. The Kier molecular flexibility index (Phi) is 6.51. The first kappa shape index (κ1) is 20.1. The molecule has 0 aliphatic carbocycles. The van der Waals surface area contributed by atoms with Gasteiger partial charge in [-0.3, -0.25) is 15.0 Å². The van der Waals surface area contributed by atoms with Crippen LogP contribution in [0, 0.1) is 0 Å². The van der Waals surface area contributed by atoms with Crippen LogP contribution >= 0.6 is 35.6 Å². The number of thioether (sulfide) groups is 1. The Morgan fingerprint density at radius 2 is 1.96 bits per heavy atom. The normalized spacial score (nSPS) is 15.0. The molecule has 1 saturated heterocycles. The predicted molar refractivity (Wildman–Crippen MR) is 116 cm³/mol. The van der Waals surface area contributed by atoms with Gasteiger partial charge < -0.3 is 4.74 Å². The number of carbonyl (C=O) groups excluding carboxylic acids is 2. The van der Waals surface area contributed by atoms with Gasteiger partial charge in [0.2, 0.25) is 0 Å². The van der Waals surface area contributed by atoms with E-state index in [1.807, 2.05) is 18.2 Å². The maximum atomic E-state index is 12.7. The van der Waals surface area contributed by atoms with Gasteiger partial charge in [-0.05, 0) is 48.6 Å². The molecule has 8 heteroatoms. The summed E-state index contributed by atoms with van der Waals surface area (Å²) in [5, 5.41) is 1.58. The number of hydrazine groups is 1. The molecular weight excluding hydrogens is 416 g/mol. The van der Waals surface area contributed by atoms with Crippen molar-refractivity contribution >= 4 is 57.8 Å². The number of ether oxygens (including phenoxy) is 1. The number of nitrogens with zero attached hydrogens (tertiary/aromatic N) is 1. The number of hydrogen-bond donors (Lipinski definition) is 1. The van der Waals surface area contributed by atoms with Crippen molar-refractivity contribution < 1.29 is 14.3 Å². The summed E-state index contributed by atoms with van der Waals surface area (Å²) in [7, 11) is 0. The molecule has 5 nitrogen and oxygen atoms in total. The van der Waals surface area contributed by atoms with Crippen LogP contribution in [0.15, 0.2) is 66.1 Å². The molecule has 1 aliphatic heterocycles. The van der Waals surface area contributed by atoms with Gasteiger partial charge in [0.25, 0.3) is 11.8 Å². The minimum Gasteiger partial charge on any atom is -0.489 e. The summed E-state index contributed by atoms with van der Waals surface area (Å²) >= 11 is 12.2. The molecule has 0 atom stereocenters. The number of amides is 2. The molecule has 1 N–H and O–H groups in total. The SMILES string of the molecule is C=CCOc1ccccc1/C=C1\SC(=S)N(NC(=O)c2ccc(Cl)cc2)C1=O. The van der Waals surface area contributed by atoms with Crippen molar-refractivity contribution in [1.82, 2.24) is 10.4 Å². The second-order valence-electron chi connectivity index (χ2n) is 5.60. The van der Waals surface area contributed by atoms with E-state index in [1.54, 1.807) is 42.5 Å². The zero-order valence-corrected chi connectivity index (χ0v) is 16.9. The highest BCUT2D eigenvalue weighted by Crippen LogP contribution is 2.33. The van der Waals surface area contributed by atoms with E-state index in [9.17, 15) is 9.59 Å². The van der Waals surface area contributed by atoms with Gasteiger partial charge in [-0.25, -0.2) is 0 Å². The van der Waals surface area contributed by atoms with Gasteiger partial charge >= 0.3 is 0 Å². The summed E-state index contributed by atoms with van der Waals surface area (Å²) in [5.41, 5.74) is 3.63. The number of thiocarbonyl (C=S) groups is 1. The van der Waals surface area contributed by atoms with Gasteiger partial charge in [0.1, 0.15) is 12.4 Å². The molecule has 0 aromatic heterocycles. The lowest BCUT2D eigenvalue weighted by Gasteiger charge is -2.15. The van der Waals surface area contributed by atoms with Crippen LogP contribution < -0.4 is 10.2 Å². The second-order valence-corrected chi connectivity index (χ2v) is 7.71. The fraction of sp³-hybridized carbons (Fsp3) is 0.0500. The largest absolute Gasteiger partial charge is 0.489 e. The predicted octanol–water partition coefficient (Wildman–Crippen LogP) is 4.45. The van der Waals surface area contributed by atoms with Crippen molar-refractivity contribution in [3.05, 3.63) is 82.2 Å². The van der Waals surface area contributed by atoms with E-state index < -0.39 is 11.8 Å². The Morgan fingerprint density at radius 3 is 2.68 bits per heavy atom. The van der Waals surface area contributed by atoms with Gasteiger partial charge in [0.05, 0.1) is 4.91 Å². The summed E-state index contributed by atoms with van der Waals surface area (Å²) in [6, 6.07) is 13.6. The lowest BCUT2D eigenvalue weighted by Crippen LogP contribution is -2.44. The quantitative estimate of drug-likeness (QED) is 0.417. The molecule has 2 aromatic rings. The lowest BCUT2D eigenvalue weighted by molar-refractivity contribution is -0.123. The highest BCUT2D eigenvalue weighted by molar-refractivity contribution is 8.26. The molecular formula is C20H15ClN2O3S2. The zero-order valence-electron chi connectivity index (χ0n) is 14.6. The highest BCUT2D eigenvalue weighted by atomic mass is 35.5. The molecule has 1 fully saturated rings. The Bertz CT molecular complexity index is 974. The van der Waals surface area contributed by atoms with Crippen LogP contribution in [0.25, 0.3) is 6.08 Å². The Labute approximate surface area is 177 Å². The average Bonchev–Trinajstić information content (AvgIpc) is 2.95. The van der Waals surface area contributed by atoms with E-state index >= 15 is 0 Å². The number of hydrogen-bond acceptors (Lipinski definition) is 5. The van der Waals surface area contributed by atoms with Crippen molar-refractivity contribution in [3.8, 4) is 5.75 Å². The molecule has 0 spiro atoms. The lowest BCUT2D eigenvalue weighted by atomic mass is 10.2. The topological polar surface area (TPSA) is 58.6 Å². The number of para-hydroxylation sites is 1. The first-order valence-corrected chi connectivity index (χ1v) is 9.77. The monoisotopic (exact) mass is 430 g/mol. The molecule has 1 heterocycles. The molecule has 2 aromatic carbocycles. The van der Waals surface area contributed by atoms with Crippen molar-refractivity contribution in [2.45, 2.75) is 0 Å². The Hall–Kier alpha value is -2.61. The van der Waals surface area contributed by atoms with E-state index in [0.29, 0.717) is 27.8 Å². The fourth-order valence-electron chi connectivity index (χ4n) is 2.35. The maximum absolute atomic E-state index is 12.7. The first-order chi connectivity index (χ1) is 13.5. The zero-order chi connectivity index (χ0) is 20.1. The minimum atomic E-state index is -0.455. The van der Waals surface area contributed by atoms with Crippen LogP contribution in [0.2, 0.25) is 5.02 Å². The molecule has 142 valence electrons. The van der Waals surface area contributed by atoms with Crippen LogP contribution in [0.3, 0.4) is 0 Å². The standard InChI is InChI=1S/C20H15ClN2O3S2/c1-2-11-26-16-6-4-3-5-14(16)12-17-19(25)23(20(27)28-17)22-18(24)13-7-9-15(21)10-8-13/h2-10,12H,1,11H2,(H,22,24)/b17-12-. The van der Waals surface area contributed by atoms with E-state index in [4.69, 9.17) is 28.6 Å². The van der Waals surface area contributed by atoms with Crippen LogP contribution in [0.1, 0.15) is 15.9 Å². The number of rotatable bonds is 6. The number of benzene rings is 2. The first-order valence-electron chi connectivity index (χ1n) is 8.17. The molecule has 0 unspecified atom stereocenters. The molecule has 28 heavy (non-hydrogen) atoms. The molecule has 0 bridgehead atoms. The molecule has 3 rings (SSSR count). The average molecular weight is 431 g/mol. The van der Waals surface area contributed by atoms with E-state index in [0.717, 1.165) is 22.3 Å².